The smallest absolute Gasteiger partial charge is 0.256 e. The van der Waals surface area contributed by atoms with Crippen LogP contribution in [0.3, 0.4) is 0 Å². The van der Waals surface area contributed by atoms with Gasteiger partial charge in [0, 0.05) is 25.4 Å². The number of carbonyl (C=O) groups excluding carboxylic acids is 1. The van der Waals surface area contributed by atoms with Crippen molar-refractivity contribution in [3.63, 3.8) is 0 Å². The molecule has 18 heavy (non-hydrogen) atoms. The summed E-state index contributed by atoms with van der Waals surface area (Å²) < 4.78 is 18.0. The van der Waals surface area contributed by atoms with Crippen LogP contribution in [-0.4, -0.2) is 37.1 Å². The highest BCUT2D eigenvalue weighted by Crippen LogP contribution is 2.29. The minimum atomic E-state index is -0.432. The zero-order valence-corrected chi connectivity index (χ0v) is 10.4. The van der Waals surface area contributed by atoms with Gasteiger partial charge in [0.05, 0.1) is 12.2 Å². The Morgan fingerprint density at radius 3 is 2.83 bits per heavy atom. The van der Waals surface area contributed by atoms with E-state index in [1.165, 1.54) is 18.2 Å². The quantitative estimate of drug-likeness (QED) is 0.811. The molecule has 4 nitrogen and oxygen atoms in total. The molecule has 1 aliphatic carbocycles. The summed E-state index contributed by atoms with van der Waals surface area (Å²) in [5.74, 6) is -0.578. The highest BCUT2D eigenvalue weighted by Gasteiger charge is 2.33. The molecule has 1 amide bonds. The average molecular weight is 252 g/mol. The summed E-state index contributed by atoms with van der Waals surface area (Å²) in [5.41, 5.74) is 6.23. The van der Waals surface area contributed by atoms with Crippen molar-refractivity contribution in [2.75, 3.05) is 26.0 Å². The maximum absolute atomic E-state index is 13.0. The molecule has 2 rings (SSSR count). The highest BCUT2D eigenvalue weighted by molar-refractivity contribution is 5.99. The van der Waals surface area contributed by atoms with Crippen LogP contribution in [0.2, 0.25) is 0 Å². The second kappa shape index (κ2) is 5.35. The van der Waals surface area contributed by atoms with Crippen LogP contribution in [0.1, 0.15) is 23.2 Å². The fourth-order valence-corrected chi connectivity index (χ4v) is 1.91. The number of amides is 1. The number of methoxy groups -OCH3 is 1. The first kappa shape index (κ1) is 12.8. The predicted molar refractivity (Wildman–Crippen MR) is 66.7 cm³/mol. The number of ether oxygens (including phenoxy) is 1. The number of carbonyl (C=O) groups is 1. The van der Waals surface area contributed by atoms with E-state index in [-0.39, 0.29) is 17.6 Å². The number of nitrogens with zero attached hydrogens (tertiary/aromatic N) is 1. The number of halogens is 1. The Bertz CT molecular complexity index is 447. The maximum Gasteiger partial charge on any atom is 0.256 e. The number of benzene rings is 1. The van der Waals surface area contributed by atoms with Crippen LogP contribution in [0.5, 0.6) is 0 Å². The minimum absolute atomic E-state index is 0.146. The molecular weight excluding hydrogens is 235 g/mol. The van der Waals surface area contributed by atoms with Crippen molar-refractivity contribution in [2.45, 2.75) is 18.9 Å². The third-order valence-electron chi connectivity index (χ3n) is 3.03. The van der Waals surface area contributed by atoms with Gasteiger partial charge in [-0.25, -0.2) is 4.39 Å². The Morgan fingerprint density at radius 1 is 1.56 bits per heavy atom. The zero-order valence-electron chi connectivity index (χ0n) is 10.4. The monoisotopic (exact) mass is 252 g/mol. The van der Waals surface area contributed by atoms with Gasteiger partial charge in [-0.3, -0.25) is 4.79 Å². The zero-order chi connectivity index (χ0) is 13.1. The van der Waals surface area contributed by atoms with Gasteiger partial charge in [-0.1, -0.05) is 0 Å². The molecule has 98 valence electrons. The lowest BCUT2D eigenvalue weighted by Gasteiger charge is -2.22. The molecule has 1 saturated carbocycles. The molecule has 1 aliphatic rings. The Kier molecular flexibility index (Phi) is 3.81. The molecule has 0 saturated heterocycles. The van der Waals surface area contributed by atoms with Gasteiger partial charge in [0.2, 0.25) is 0 Å². The lowest BCUT2D eigenvalue weighted by Crippen LogP contribution is -2.36. The minimum Gasteiger partial charge on any atom is -0.398 e. The SMILES string of the molecule is COCCN(C(=O)c1ccc(F)cc1N)C1CC1. The summed E-state index contributed by atoms with van der Waals surface area (Å²) in [5, 5.41) is 0. The van der Waals surface area contributed by atoms with Gasteiger partial charge >= 0.3 is 0 Å². The highest BCUT2D eigenvalue weighted by atomic mass is 19.1. The van der Waals surface area contributed by atoms with E-state index in [0.29, 0.717) is 18.7 Å². The Morgan fingerprint density at radius 2 is 2.28 bits per heavy atom. The van der Waals surface area contributed by atoms with Gasteiger partial charge in [0.25, 0.3) is 5.91 Å². The summed E-state index contributed by atoms with van der Waals surface area (Å²) in [6, 6.07) is 4.14. The second-order valence-corrected chi connectivity index (χ2v) is 4.45. The fourth-order valence-electron chi connectivity index (χ4n) is 1.91. The molecule has 0 spiro atoms. The molecule has 2 N–H and O–H groups in total. The second-order valence-electron chi connectivity index (χ2n) is 4.45. The Balaban J connectivity index is 2.16. The molecule has 1 aromatic rings. The third-order valence-corrected chi connectivity index (χ3v) is 3.03. The van der Waals surface area contributed by atoms with Crippen LogP contribution in [0.4, 0.5) is 10.1 Å². The number of hydrogen-bond acceptors (Lipinski definition) is 3. The van der Waals surface area contributed by atoms with E-state index in [4.69, 9.17) is 10.5 Å². The van der Waals surface area contributed by atoms with Gasteiger partial charge in [0.1, 0.15) is 5.82 Å². The van der Waals surface area contributed by atoms with E-state index in [9.17, 15) is 9.18 Å². The van der Waals surface area contributed by atoms with Gasteiger partial charge in [0.15, 0.2) is 0 Å². The lowest BCUT2D eigenvalue weighted by molar-refractivity contribution is 0.0681. The number of anilines is 1. The van der Waals surface area contributed by atoms with Crippen LogP contribution in [0.25, 0.3) is 0 Å². The van der Waals surface area contributed by atoms with E-state index in [2.05, 4.69) is 0 Å². The van der Waals surface area contributed by atoms with Crippen LogP contribution in [-0.2, 0) is 4.74 Å². The van der Waals surface area contributed by atoms with Gasteiger partial charge in [-0.15, -0.1) is 0 Å². The van der Waals surface area contributed by atoms with Crippen molar-refractivity contribution in [1.29, 1.82) is 0 Å². The molecule has 0 heterocycles. The molecule has 0 aliphatic heterocycles. The van der Waals surface area contributed by atoms with Crippen molar-refractivity contribution >= 4 is 11.6 Å². The summed E-state index contributed by atoms with van der Waals surface area (Å²) >= 11 is 0. The van der Waals surface area contributed by atoms with E-state index in [0.717, 1.165) is 12.8 Å². The predicted octanol–water partition coefficient (Wildman–Crippen LogP) is 1.66. The topological polar surface area (TPSA) is 55.6 Å². The number of nitrogen functional groups attached to an aromatic ring is 1. The van der Waals surface area contributed by atoms with Crippen LogP contribution < -0.4 is 5.73 Å². The molecule has 5 heteroatoms. The average Bonchev–Trinajstić information content (AvgIpc) is 3.13. The Labute approximate surface area is 106 Å². The first-order chi connectivity index (χ1) is 8.63. The molecule has 1 fully saturated rings. The van der Waals surface area contributed by atoms with Crippen LogP contribution in [0, 0.1) is 5.82 Å². The molecule has 0 atom stereocenters. The molecule has 0 unspecified atom stereocenters. The summed E-state index contributed by atoms with van der Waals surface area (Å²) in [6.07, 6.45) is 2.02. The number of hydrogen-bond donors (Lipinski definition) is 1. The fraction of sp³-hybridized carbons (Fsp3) is 0.462. The first-order valence-electron chi connectivity index (χ1n) is 5.98. The maximum atomic E-state index is 13.0. The number of nitrogens with two attached hydrogens (primary N) is 1. The van der Waals surface area contributed by atoms with Crippen molar-refractivity contribution in [3.8, 4) is 0 Å². The molecule has 1 aromatic carbocycles. The normalized spacial score (nSPS) is 14.6. The standard InChI is InChI=1S/C13H17FN2O2/c1-18-7-6-16(10-3-4-10)13(17)11-5-2-9(14)8-12(11)15/h2,5,8,10H,3-4,6-7,15H2,1H3. The molecule has 0 bridgehead atoms. The summed E-state index contributed by atoms with van der Waals surface area (Å²) in [4.78, 5) is 14.1. The molecule has 0 aromatic heterocycles. The first-order valence-corrected chi connectivity index (χ1v) is 5.98. The van der Waals surface area contributed by atoms with E-state index < -0.39 is 5.82 Å². The van der Waals surface area contributed by atoms with Crippen molar-refractivity contribution in [2.24, 2.45) is 0 Å². The van der Waals surface area contributed by atoms with Crippen molar-refractivity contribution in [1.82, 2.24) is 4.90 Å². The summed E-state index contributed by atoms with van der Waals surface area (Å²) in [7, 11) is 1.60. The molecule has 0 radical (unpaired) electrons. The van der Waals surface area contributed by atoms with E-state index in [1.807, 2.05) is 0 Å². The third kappa shape index (κ3) is 2.79. The number of rotatable bonds is 5. The summed E-state index contributed by atoms with van der Waals surface area (Å²) in [6.45, 7) is 1.03. The van der Waals surface area contributed by atoms with E-state index >= 15 is 0 Å². The van der Waals surface area contributed by atoms with Crippen molar-refractivity contribution in [3.05, 3.63) is 29.6 Å². The van der Waals surface area contributed by atoms with Gasteiger partial charge < -0.3 is 15.4 Å². The van der Waals surface area contributed by atoms with E-state index in [1.54, 1.807) is 12.0 Å². The van der Waals surface area contributed by atoms with Gasteiger partial charge in [-0.2, -0.15) is 0 Å². The lowest BCUT2D eigenvalue weighted by atomic mass is 10.1. The van der Waals surface area contributed by atoms with Gasteiger partial charge in [-0.05, 0) is 31.0 Å². The van der Waals surface area contributed by atoms with Crippen LogP contribution in [0.15, 0.2) is 18.2 Å². The molecular formula is C13H17FN2O2. The van der Waals surface area contributed by atoms with Crippen molar-refractivity contribution < 1.29 is 13.9 Å². The Hall–Kier alpha value is -1.62. The van der Waals surface area contributed by atoms with Crippen LogP contribution >= 0.6 is 0 Å². The largest absolute Gasteiger partial charge is 0.398 e.